The summed E-state index contributed by atoms with van der Waals surface area (Å²) in [7, 11) is 1.79. The molecule has 2 aromatic rings. The van der Waals surface area contributed by atoms with Gasteiger partial charge in [-0.25, -0.2) is 0 Å². The molecular weight excluding hydrogens is 310 g/mol. The monoisotopic (exact) mass is 329 g/mol. The summed E-state index contributed by atoms with van der Waals surface area (Å²) < 4.78 is 1.64. The quantitative estimate of drug-likeness (QED) is 0.686. The van der Waals surface area contributed by atoms with Crippen LogP contribution in [0.25, 0.3) is 0 Å². The van der Waals surface area contributed by atoms with Crippen molar-refractivity contribution < 1.29 is 9.72 Å². The average Bonchev–Trinajstić information content (AvgIpc) is 2.97. The van der Waals surface area contributed by atoms with Crippen molar-refractivity contribution in [1.29, 1.82) is 0 Å². The maximum absolute atomic E-state index is 12.7. The van der Waals surface area contributed by atoms with Gasteiger partial charge >= 0.3 is 0 Å². The number of piperidine rings is 1. The van der Waals surface area contributed by atoms with E-state index < -0.39 is 11.0 Å². The second-order valence-electron chi connectivity index (χ2n) is 5.95. The van der Waals surface area contributed by atoms with E-state index in [1.54, 1.807) is 47.9 Å². The maximum atomic E-state index is 12.7. The van der Waals surface area contributed by atoms with Crippen LogP contribution in [0.2, 0.25) is 0 Å². The van der Waals surface area contributed by atoms with Crippen LogP contribution in [-0.4, -0.2) is 33.2 Å². The number of carbonyl (C=O) groups is 1. The number of nitrogens with zero attached hydrogens (tertiary/aromatic N) is 4. The Morgan fingerprint density at radius 3 is 2.83 bits per heavy atom. The van der Waals surface area contributed by atoms with Gasteiger partial charge in [-0.3, -0.25) is 24.5 Å². The second-order valence-corrected chi connectivity index (χ2v) is 5.95. The minimum absolute atomic E-state index is 0.0160. The Labute approximate surface area is 139 Å². The fourth-order valence-corrected chi connectivity index (χ4v) is 2.89. The lowest BCUT2D eigenvalue weighted by Crippen LogP contribution is -2.48. The van der Waals surface area contributed by atoms with E-state index in [4.69, 9.17) is 0 Å². The van der Waals surface area contributed by atoms with Crippen LogP contribution in [-0.2, 0) is 11.8 Å². The molecule has 1 fully saturated rings. The Bertz CT molecular complexity index is 786. The summed E-state index contributed by atoms with van der Waals surface area (Å²) in [5.41, 5.74) is 1.15. The van der Waals surface area contributed by atoms with Gasteiger partial charge in [-0.15, -0.1) is 0 Å². The lowest BCUT2D eigenvalue weighted by Gasteiger charge is -2.31. The molecule has 1 unspecified atom stereocenters. The van der Waals surface area contributed by atoms with E-state index in [0.29, 0.717) is 24.5 Å². The first-order chi connectivity index (χ1) is 11.5. The molecule has 0 saturated carbocycles. The van der Waals surface area contributed by atoms with E-state index in [0.717, 1.165) is 12.0 Å². The Kier molecular flexibility index (Phi) is 4.20. The van der Waals surface area contributed by atoms with Crippen molar-refractivity contribution in [3.05, 3.63) is 46.1 Å². The number of nitrogens with one attached hydrogen (secondary N) is 1. The molecular formula is C16H19N5O3. The molecule has 1 atom stereocenters. The van der Waals surface area contributed by atoms with Crippen LogP contribution in [0.3, 0.4) is 0 Å². The fourth-order valence-electron chi connectivity index (χ4n) is 2.89. The Morgan fingerprint density at radius 2 is 2.17 bits per heavy atom. The van der Waals surface area contributed by atoms with Crippen molar-refractivity contribution in [1.82, 2.24) is 9.78 Å². The van der Waals surface area contributed by atoms with E-state index >= 15 is 0 Å². The number of rotatable bonds is 4. The lowest BCUT2D eigenvalue weighted by molar-refractivity contribution is -0.384. The molecule has 8 heteroatoms. The normalized spacial score (nSPS) is 17.8. The van der Waals surface area contributed by atoms with Gasteiger partial charge in [0.2, 0.25) is 0 Å². The standard InChI is InChI=1S/C16H19N5O3/c1-11-5-6-12(14(10-11)21(23)24)17-13-4-3-8-20(16(13)22)15-7-9-19(2)18-15/h5-7,9-10,13,17H,3-4,8H2,1-2H3. The van der Waals surface area contributed by atoms with E-state index in [1.165, 1.54) is 6.07 Å². The first-order valence-corrected chi connectivity index (χ1v) is 7.78. The smallest absolute Gasteiger partial charge is 0.292 e. The Balaban J connectivity index is 1.83. The fraction of sp³-hybridized carbons (Fsp3) is 0.375. The van der Waals surface area contributed by atoms with Crippen LogP contribution in [0.4, 0.5) is 17.2 Å². The summed E-state index contributed by atoms with van der Waals surface area (Å²) in [6.45, 7) is 2.40. The summed E-state index contributed by atoms with van der Waals surface area (Å²) >= 11 is 0. The number of nitro groups is 1. The Morgan fingerprint density at radius 1 is 1.38 bits per heavy atom. The van der Waals surface area contributed by atoms with Gasteiger partial charge in [0.25, 0.3) is 11.6 Å². The zero-order valence-corrected chi connectivity index (χ0v) is 13.6. The predicted molar refractivity (Wildman–Crippen MR) is 90.0 cm³/mol. The van der Waals surface area contributed by atoms with Crippen LogP contribution >= 0.6 is 0 Å². The summed E-state index contributed by atoms with van der Waals surface area (Å²) in [6.07, 6.45) is 3.22. The zero-order chi connectivity index (χ0) is 17.3. The number of aryl methyl sites for hydroxylation is 2. The first-order valence-electron chi connectivity index (χ1n) is 7.78. The number of nitro benzene ring substituents is 1. The van der Waals surface area contributed by atoms with Gasteiger partial charge in [-0.05, 0) is 31.4 Å². The highest BCUT2D eigenvalue weighted by Gasteiger charge is 2.32. The van der Waals surface area contributed by atoms with Gasteiger partial charge in [0.1, 0.15) is 11.7 Å². The predicted octanol–water partition coefficient (Wildman–Crippen LogP) is 2.24. The molecule has 1 N–H and O–H groups in total. The maximum Gasteiger partial charge on any atom is 0.292 e. The second kappa shape index (κ2) is 6.31. The number of amides is 1. The highest BCUT2D eigenvalue weighted by molar-refractivity contribution is 5.99. The van der Waals surface area contributed by atoms with Crippen LogP contribution < -0.4 is 10.2 Å². The van der Waals surface area contributed by atoms with Crippen LogP contribution in [0.1, 0.15) is 18.4 Å². The number of aromatic nitrogens is 2. The molecule has 0 radical (unpaired) electrons. The van der Waals surface area contributed by atoms with Crippen molar-refractivity contribution in [3.8, 4) is 0 Å². The van der Waals surface area contributed by atoms with Gasteiger partial charge in [0.15, 0.2) is 5.82 Å². The molecule has 3 rings (SSSR count). The SMILES string of the molecule is Cc1ccc(NC2CCCN(c3ccn(C)n3)C2=O)c([N+](=O)[O-])c1. The van der Waals surface area contributed by atoms with Gasteiger partial charge in [0.05, 0.1) is 4.92 Å². The van der Waals surface area contributed by atoms with Gasteiger partial charge in [-0.1, -0.05) is 6.07 Å². The number of hydrogen-bond acceptors (Lipinski definition) is 5. The number of hydrogen-bond donors (Lipinski definition) is 1. The molecule has 126 valence electrons. The largest absolute Gasteiger partial charge is 0.368 e. The summed E-state index contributed by atoms with van der Waals surface area (Å²) in [4.78, 5) is 25.2. The van der Waals surface area contributed by atoms with Crippen molar-refractivity contribution in [2.75, 3.05) is 16.8 Å². The number of benzene rings is 1. The highest BCUT2D eigenvalue weighted by atomic mass is 16.6. The molecule has 1 aromatic carbocycles. The third-order valence-electron chi connectivity index (χ3n) is 4.09. The van der Waals surface area contributed by atoms with E-state index in [9.17, 15) is 14.9 Å². The lowest BCUT2D eigenvalue weighted by atomic mass is 10.0. The summed E-state index contributed by atoms with van der Waals surface area (Å²) in [5.74, 6) is 0.488. The molecule has 1 saturated heterocycles. The topological polar surface area (TPSA) is 93.3 Å². The number of carbonyl (C=O) groups excluding carboxylic acids is 1. The molecule has 1 aliphatic rings. The number of anilines is 2. The van der Waals surface area contributed by atoms with Gasteiger partial charge in [0, 0.05) is 31.9 Å². The van der Waals surface area contributed by atoms with Crippen LogP contribution in [0.5, 0.6) is 0 Å². The molecule has 24 heavy (non-hydrogen) atoms. The van der Waals surface area contributed by atoms with Gasteiger partial charge < -0.3 is 5.32 Å². The molecule has 2 heterocycles. The third-order valence-corrected chi connectivity index (χ3v) is 4.09. The summed E-state index contributed by atoms with van der Waals surface area (Å²) in [5, 5.41) is 18.6. The Hall–Kier alpha value is -2.90. The first kappa shape index (κ1) is 16.0. The minimum atomic E-state index is -0.498. The average molecular weight is 329 g/mol. The van der Waals surface area contributed by atoms with Crippen molar-refractivity contribution in [3.63, 3.8) is 0 Å². The van der Waals surface area contributed by atoms with E-state index in [-0.39, 0.29) is 11.6 Å². The molecule has 0 bridgehead atoms. The molecule has 1 aliphatic heterocycles. The van der Waals surface area contributed by atoms with Crippen molar-refractivity contribution in [2.24, 2.45) is 7.05 Å². The zero-order valence-electron chi connectivity index (χ0n) is 13.6. The molecule has 1 aromatic heterocycles. The molecule has 0 spiro atoms. The molecule has 0 aliphatic carbocycles. The van der Waals surface area contributed by atoms with Crippen molar-refractivity contribution >= 4 is 23.1 Å². The van der Waals surface area contributed by atoms with Crippen LogP contribution in [0, 0.1) is 17.0 Å². The minimum Gasteiger partial charge on any atom is -0.368 e. The van der Waals surface area contributed by atoms with Crippen molar-refractivity contribution in [2.45, 2.75) is 25.8 Å². The van der Waals surface area contributed by atoms with Gasteiger partial charge in [-0.2, -0.15) is 5.10 Å². The third kappa shape index (κ3) is 3.08. The molecule has 1 amide bonds. The highest BCUT2D eigenvalue weighted by Crippen LogP contribution is 2.28. The summed E-state index contributed by atoms with van der Waals surface area (Å²) in [6, 6.07) is 6.24. The molecule has 8 nitrogen and oxygen atoms in total. The van der Waals surface area contributed by atoms with Crippen LogP contribution in [0.15, 0.2) is 30.5 Å². The van der Waals surface area contributed by atoms with E-state index in [2.05, 4.69) is 10.4 Å². The van der Waals surface area contributed by atoms with E-state index in [1.807, 2.05) is 0 Å².